The van der Waals surface area contributed by atoms with Crippen LogP contribution in [-0.2, 0) is 14.8 Å². The Morgan fingerprint density at radius 1 is 1.08 bits per heavy atom. The molecule has 5 nitrogen and oxygen atoms in total. The van der Waals surface area contributed by atoms with Crippen molar-refractivity contribution >= 4 is 21.6 Å². The van der Waals surface area contributed by atoms with Crippen molar-refractivity contribution in [3.63, 3.8) is 0 Å². The molecule has 1 amide bonds. The number of nitrogens with one attached hydrogen (secondary N) is 1. The van der Waals surface area contributed by atoms with E-state index in [-0.39, 0.29) is 23.9 Å². The molecular weight excluding hydrogens is 348 g/mol. The standard InChI is InChI=1S/C20H24N2O3S/c1-5-12-21-20(23)14-22(18-9-8-16(3)17(4)13-18)26(24,25)19-10-6-15(2)7-11-19/h5-11,13H,1,12,14H2,2-4H3,(H,21,23). The second-order valence-corrected chi connectivity index (χ2v) is 8.05. The first kappa shape index (κ1) is 19.7. The molecule has 2 aromatic carbocycles. The second-order valence-electron chi connectivity index (χ2n) is 6.19. The summed E-state index contributed by atoms with van der Waals surface area (Å²) >= 11 is 0. The summed E-state index contributed by atoms with van der Waals surface area (Å²) in [4.78, 5) is 12.4. The van der Waals surface area contributed by atoms with Gasteiger partial charge in [-0.2, -0.15) is 0 Å². The van der Waals surface area contributed by atoms with Gasteiger partial charge in [-0.25, -0.2) is 8.42 Å². The molecule has 0 saturated heterocycles. The Bertz CT molecular complexity index is 903. The molecule has 0 heterocycles. The van der Waals surface area contributed by atoms with Crippen LogP contribution in [0.25, 0.3) is 0 Å². The van der Waals surface area contributed by atoms with E-state index in [1.807, 2.05) is 26.8 Å². The van der Waals surface area contributed by atoms with Crippen molar-refractivity contribution in [3.8, 4) is 0 Å². The molecule has 0 unspecified atom stereocenters. The molecule has 0 aliphatic heterocycles. The highest BCUT2D eigenvalue weighted by molar-refractivity contribution is 7.92. The zero-order valence-corrected chi connectivity index (χ0v) is 16.1. The van der Waals surface area contributed by atoms with Gasteiger partial charge in [0.2, 0.25) is 5.91 Å². The lowest BCUT2D eigenvalue weighted by Gasteiger charge is -2.24. The number of benzene rings is 2. The Morgan fingerprint density at radius 3 is 2.31 bits per heavy atom. The third-order valence-electron chi connectivity index (χ3n) is 4.12. The van der Waals surface area contributed by atoms with Crippen LogP contribution in [0.1, 0.15) is 16.7 Å². The fraction of sp³-hybridized carbons (Fsp3) is 0.250. The van der Waals surface area contributed by atoms with E-state index >= 15 is 0 Å². The van der Waals surface area contributed by atoms with Gasteiger partial charge in [-0.15, -0.1) is 6.58 Å². The summed E-state index contributed by atoms with van der Waals surface area (Å²) in [7, 11) is -3.87. The monoisotopic (exact) mass is 372 g/mol. The number of carbonyl (C=O) groups excluding carboxylic acids is 1. The van der Waals surface area contributed by atoms with Crippen LogP contribution in [-0.4, -0.2) is 27.4 Å². The molecule has 0 fully saturated rings. The predicted molar refractivity (Wildman–Crippen MR) is 105 cm³/mol. The Kier molecular flexibility index (Phi) is 6.21. The molecule has 0 aliphatic carbocycles. The van der Waals surface area contributed by atoms with Gasteiger partial charge in [-0.05, 0) is 56.2 Å². The van der Waals surface area contributed by atoms with E-state index in [4.69, 9.17) is 0 Å². The number of aryl methyl sites for hydroxylation is 3. The normalized spacial score (nSPS) is 11.0. The van der Waals surface area contributed by atoms with E-state index in [1.165, 1.54) is 0 Å². The van der Waals surface area contributed by atoms with Gasteiger partial charge < -0.3 is 5.32 Å². The quantitative estimate of drug-likeness (QED) is 0.760. The number of carbonyl (C=O) groups is 1. The lowest BCUT2D eigenvalue weighted by molar-refractivity contribution is -0.119. The number of amides is 1. The molecule has 0 aliphatic rings. The molecule has 26 heavy (non-hydrogen) atoms. The average molecular weight is 372 g/mol. The smallest absolute Gasteiger partial charge is 0.264 e. The largest absolute Gasteiger partial charge is 0.351 e. The predicted octanol–water partition coefficient (Wildman–Crippen LogP) is 3.11. The molecule has 2 aromatic rings. The first-order valence-electron chi connectivity index (χ1n) is 8.30. The van der Waals surface area contributed by atoms with Crippen LogP contribution in [0.2, 0.25) is 0 Å². The maximum atomic E-state index is 13.2. The average Bonchev–Trinajstić information content (AvgIpc) is 2.60. The molecule has 0 saturated carbocycles. The first-order chi connectivity index (χ1) is 12.3. The molecule has 0 radical (unpaired) electrons. The SMILES string of the molecule is C=CCNC(=O)CN(c1ccc(C)c(C)c1)S(=O)(=O)c1ccc(C)cc1. The second kappa shape index (κ2) is 8.19. The zero-order valence-electron chi connectivity index (χ0n) is 15.3. The Balaban J connectivity index is 2.47. The number of sulfonamides is 1. The van der Waals surface area contributed by atoms with Crippen molar-refractivity contribution in [2.75, 3.05) is 17.4 Å². The third-order valence-corrected chi connectivity index (χ3v) is 5.91. The summed E-state index contributed by atoms with van der Waals surface area (Å²) in [5.41, 5.74) is 3.43. The van der Waals surface area contributed by atoms with Gasteiger partial charge in [0.15, 0.2) is 0 Å². The number of hydrogen-bond donors (Lipinski definition) is 1. The van der Waals surface area contributed by atoms with Crippen molar-refractivity contribution in [3.05, 3.63) is 71.8 Å². The number of rotatable bonds is 7. The van der Waals surface area contributed by atoms with Crippen LogP contribution in [0.4, 0.5) is 5.69 Å². The minimum Gasteiger partial charge on any atom is -0.351 e. The molecule has 138 valence electrons. The summed E-state index contributed by atoms with van der Waals surface area (Å²) in [6.45, 7) is 9.28. The van der Waals surface area contributed by atoms with Crippen LogP contribution in [0.3, 0.4) is 0 Å². The van der Waals surface area contributed by atoms with Gasteiger partial charge in [0.05, 0.1) is 10.6 Å². The lowest BCUT2D eigenvalue weighted by Crippen LogP contribution is -2.41. The summed E-state index contributed by atoms with van der Waals surface area (Å²) < 4.78 is 27.5. The molecule has 0 spiro atoms. The van der Waals surface area contributed by atoms with E-state index in [0.717, 1.165) is 21.0 Å². The van der Waals surface area contributed by atoms with Gasteiger partial charge in [-0.3, -0.25) is 9.10 Å². The highest BCUT2D eigenvalue weighted by Gasteiger charge is 2.27. The molecule has 2 rings (SSSR count). The summed E-state index contributed by atoms with van der Waals surface area (Å²) in [6, 6.07) is 11.9. The Morgan fingerprint density at radius 2 is 1.73 bits per heavy atom. The summed E-state index contributed by atoms with van der Waals surface area (Å²) in [5, 5.41) is 2.63. The molecule has 0 aromatic heterocycles. The number of nitrogens with zero attached hydrogens (tertiary/aromatic N) is 1. The summed E-state index contributed by atoms with van der Waals surface area (Å²) in [5.74, 6) is -0.390. The van der Waals surface area contributed by atoms with Gasteiger partial charge in [0.1, 0.15) is 6.54 Å². The van der Waals surface area contributed by atoms with Crippen LogP contribution < -0.4 is 9.62 Å². The van der Waals surface area contributed by atoms with E-state index in [9.17, 15) is 13.2 Å². The van der Waals surface area contributed by atoms with Gasteiger partial charge in [-0.1, -0.05) is 29.8 Å². The van der Waals surface area contributed by atoms with Crippen molar-refractivity contribution in [2.45, 2.75) is 25.7 Å². The molecular formula is C20H24N2O3S. The number of anilines is 1. The Labute approximate surface area is 155 Å². The summed E-state index contributed by atoms with van der Waals surface area (Å²) in [6.07, 6.45) is 1.55. The number of hydrogen-bond acceptors (Lipinski definition) is 3. The Hall–Kier alpha value is -2.60. The van der Waals surface area contributed by atoms with E-state index in [1.54, 1.807) is 42.5 Å². The first-order valence-corrected chi connectivity index (χ1v) is 9.74. The van der Waals surface area contributed by atoms with Crippen LogP contribution in [0.15, 0.2) is 60.0 Å². The van der Waals surface area contributed by atoms with E-state index < -0.39 is 10.0 Å². The van der Waals surface area contributed by atoms with E-state index in [2.05, 4.69) is 11.9 Å². The fourth-order valence-corrected chi connectivity index (χ4v) is 3.82. The molecule has 0 atom stereocenters. The van der Waals surface area contributed by atoms with Crippen molar-refractivity contribution in [1.29, 1.82) is 0 Å². The zero-order chi connectivity index (χ0) is 19.3. The lowest BCUT2D eigenvalue weighted by atomic mass is 10.1. The topological polar surface area (TPSA) is 66.5 Å². The van der Waals surface area contributed by atoms with Crippen molar-refractivity contribution in [2.24, 2.45) is 0 Å². The molecule has 6 heteroatoms. The van der Waals surface area contributed by atoms with E-state index in [0.29, 0.717) is 5.69 Å². The van der Waals surface area contributed by atoms with Gasteiger partial charge in [0, 0.05) is 6.54 Å². The fourth-order valence-electron chi connectivity index (χ4n) is 2.41. The van der Waals surface area contributed by atoms with Gasteiger partial charge >= 0.3 is 0 Å². The highest BCUT2D eigenvalue weighted by Crippen LogP contribution is 2.25. The maximum Gasteiger partial charge on any atom is 0.264 e. The maximum absolute atomic E-state index is 13.2. The third kappa shape index (κ3) is 4.52. The van der Waals surface area contributed by atoms with Crippen molar-refractivity contribution in [1.82, 2.24) is 5.32 Å². The van der Waals surface area contributed by atoms with Crippen LogP contribution in [0.5, 0.6) is 0 Å². The minimum atomic E-state index is -3.87. The van der Waals surface area contributed by atoms with Gasteiger partial charge in [0.25, 0.3) is 10.0 Å². The van der Waals surface area contributed by atoms with Crippen molar-refractivity contribution < 1.29 is 13.2 Å². The highest BCUT2D eigenvalue weighted by atomic mass is 32.2. The van der Waals surface area contributed by atoms with Crippen LogP contribution in [0, 0.1) is 20.8 Å². The minimum absolute atomic E-state index is 0.151. The van der Waals surface area contributed by atoms with Crippen LogP contribution >= 0.6 is 0 Å². The molecule has 1 N–H and O–H groups in total. The molecule has 0 bridgehead atoms.